The molecule has 3 heteroatoms. The molecule has 0 saturated heterocycles. The molecule has 0 bridgehead atoms. The molecule has 0 aliphatic carbocycles. The van der Waals surface area contributed by atoms with Crippen molar-refractivity contribution in [3.8, 4) is 0 Å². The highest BCUT2D eigenvalue weighted by atomic mass is 35.5. The molecule has 0 aliphatic rings. The van der Waals surface area contributed by atoms with E-state index in [2.05, 4.69) is 0 Å². The Hall–Kier alpha value is -0.240. The molecule has 0 heterocycles. The van der Waals surface area contributed by atoms with Gasteiger partial charge in [0.05, 0.1) is 6.10 Å². The summed E-state index contributed by atoms with van der Waals surface area (Å²) in [4.78, 5) is 0. The van der Waals surface area contributed by atoms with Crippen molar-refractivity contribution in [2.75, 3.05) is 0 Å². The van der Waals surface area contributed by atoms with E-state index in [1.54, 1.807) is 12.1 Å². The highest BCUT2D eigenvalue weighted by Crippen LogP contribution is 2.22. The van der Waals surface area contributed by atoms with Crippen molar-refractivity contribution in [2.45, 2.75) is 32.3 Å². The summed E-state index contributed by atoms with van der Waals surface area (Å²) in [6.45, 7) is 2.05. The molecule has 0 aromatic heterocycles. The van der Waals surface area contributed by atoms with Gasteiger partial charge in [0.1, 0.15) is 0 Å². The molecular formula is C11H14Cl2O. The quantitative estimate of drug-likeness (QED) is 0.840. The van der Waals surface area contributed by atoms with Gasteiger partial charge in [0.2, 0.25) is 0 Å². The zero-order chi connectivity index (χ0) is 10.6. The van der Waals surface area contributed by atoms with E-state index >= 15 is 0 Å². The van der Waals surface area contributed by atoms with E-state index in [0.717, 1.165) is 18.4 Å². The van der Waals surface area contributed by atoms with Gasteiger partial charge in [-0.25, -0.2) is 0 Å². The van der Waals surface area contributed by atoms with E-state index in [1.807, 2.05) is 13.0 Å². The molecule has 1 aromatic carbocycles. The van der Waals surface area contributed by atoms with E-state index in [0.29, 0.717) is 16.5 Å². The first-order valence-electron chi connectivity index (χ1n) is 4.75. The fourth-order valence-electron chi connectivity index (χ4n) is 1.38. The number of hydrogen-bond donors (Lipinski definition) is 1. The van der Waals surface area contributed by atoms with Crippen LogP contribution in [0, 0.1) is 0 Å². The van der Waals surface area contributed by atoms with Crippen LogP contribution in [0.5, 0.6) is 0 Å². The van der Waals surface area contributed by atoms with Crippen molar-refractivity contribution in [1.29, 1.82) is 0 Å². The van der Waals surface area contributed by atoms with Gasteiger partial charge in [0, 0.05) is 10.0 Å². The highest BCUT2D eigenvalue weighted by Gasteiger charge is 2.07. The summed E-state index contributed by atoms with van der Waals surface area (Å²) in [5.74, 6) is 0. The molecule has 0 fully saturated rings. The van der Waals surface area contributed by atoms with Crippen molar-refractivity contribution in [1.82, 2.24) is 0 Å². The van der Waals surface area contributed by atoms with Gasteiger partial charge in [0.25, 0.3) is 0 Å². The van der Waals surface area contributed by atoms with Crippen LogP contribution in [0.4, 0.5) is 0 Å². The normalized spacial score (nSPS) is 12.9. The van der Waals surface area contributed by atoms with Crippen LogP contribution in [0.25, 0.3) is 0 Å². The highest BCUT2D eigenvalue weighted by molar-refractivity contribution is 6.35. The number of aliphatic hydroxyl groups is 1. The molecule has 1 atom stereocenters. The van der Waals surface area contributed by atoms with Crippen molar-refractivity contribution in [2.24, 2.45) is 0 Å². The standard InChI is InChI=1S/C11H14Cl2O/c1-2-3-10(14)6-8-4-5-9(12)7-11(8)13/h4-5,7,10,14H,2-3,6H2,1H3/t10-/m1/s1. The van der Waals surface area contributed by atoms with E-state index < -0.39 is 0 Å². The molecule has 1 nitrogen and oxygen atoms in total. The topological polar surface area (TPSA) is 20.2 Å². The van der Waals surface area contributed by atoms with Gasteiger partial charge in [-0.2, -0.15) is 0 Å². The van der Waals surface area contributed by atoms with Crippen molar-refractivity contribution in [3.05, 3.63) is 33.8 Å². The molecule has 78 valence electrons. The molecule has 1 rings (SSSR count). The molecule has 0 amide bonds. The predicted octanol–water partition coefficient (Wildman–Crippen LogP) is 3.70. The van der Waals surface area contributed by atoms with Gasteiger partial charge in [-0.05, 0) is 30.5 Å². The summed E-state index contributed by atoms with van der Waals surface area (Å²) in [5.41, 5.74) is 0.956. The number of hydrogen-bond acceptors (Lipinski definition) is 1. The first-order valence-corrected chi connectivity index (χ1v) is 5.51. The zero-order valence-corrected chi connectivity index (χ0v) is 9.65. The summed E-state index contributed by atoms with van der Waals surface area (Å²) in [6, 6.07) is 5.36. The Morgan fingerprint density at radius 1 is 1.36 bits per heavy atom. The lowest BCUT2D eigenvalue weighted by atomic mass is 10.0. The lowest BCUT2D eigenvalue weighted by Gasteiger charge is -2.10. The van der Waals surface area contributed by atoms with Gasteiger partial charge in [-0.3, -0.25) is 0 Å². The fourth-order valence-corrected chi connectivity index (χ4v) is 1.86. The van der Waals surface area contributed by atoms with Crippen LogP contribution >= 0.6 is 23.2 Å². The maximum Gasteiger partial charge on any atom is 0.0581 e. The Morgan fingerprint density at radius 3 is 2.64 bits per heavy atom. The summed E-state index contributed by atoms with van der Waals surface area (Å²) in [7, 11) is 0. The summed E-state index contributed by atoms with van der Waals surface area (Å²) < 4.78 is 0. The third kappa shape index (κ3) is 3.49. The maximum absolute atomic E-state index is 9.60. The van der Waals surface area contributed by atoms with Crippen LogP contribution in [-0.4, -0.2) is 11.2 Å². The second-order valence-corrected chi connectivity index (χ2v) is 4.23. The fraction of sp³-hybridized carbons (Fsp3) is 0.455. The zero-order valence-electron chi connectivity index (χ0n) is 8.13. The van der Waals surface area contributed by atoms with Crippen LogP contribution in [0.1, 0.15) is 25.3 Å². The third-order valence-corrected chi connectivity index (χ3v) is 2.68. The van der Waals surface area contributed by atoms with E-state index in [9.17, 15) is 5.11 Å². The van der Waals surface area contributed by atoms with Crippen LogP contribution in [-0.2, 0) is 6.42 Å². The number of benzene rings is 1. The van der Waals surface area contributed by atoms with Crippen molar-refractivity contribution in [3.63, 3.8) is 0 Å². The van der Waals surface area contributed by atoms with Gasteiger partial charge in [0.15, 0.2) is 0 Å². The SMILES string of the molecule is CCC[C@@H](O)Cc1ccc(Cl)cc1Cl. The lowest BCUT2D eigenvalue weighted by molar-refractivity contribution is 0.164. The second-order valence-electron chi connectivity index (χ2n) is 3.38. The lowest BCUT2D eigenvalue weighted by Crippen LogP contribution is -2.09. The largest absolute Gasteiger partial charge is 0.393 e. The summed E-state index contributed by atoms with van der Waals surface area (Å²) in [5, 5.41) is 10.9. The number of aliphatic hydroxyl groups excluding tert-OH is 1. The monoisotopic (exact) mass is 232 g/mol. The Labute approximate surface area is 94.7 Å². The first kappa shape index (κ1) is 11.8. The Bertz CT molecular complexity index is 299. The number of halogens is 2. The van der Waals surface area contributed by atoms with Crippen molar-refractivity contribution >= 4 is 23.2 Å². The first-order chi connectivity index (χ1) is 6.63. The van der Waals surface area contributed by atoms with Crippen LogP contribution < -0.4 is 0 Å². The average molecular weight is 233 g/mol. The van der Waals surface area contributed by atoms with E-state index in [-0.39, 0.29) is 6.10 Å². The molecule has 0 radical (unpaired) electrons. The molecular weight excluding hydrogens is 219 g/mol. The van der Waals surface area contributed by atoms with E-state index in [4.69, 9.17) is 23.2 Å². The molecule has 0 aliphatic heterocycles. The van der Waals surface area contributed by atoms with Gasteiger partial charge in [-0.1, -0.05) is 42.6 Å². The molecule has 1 aromatic rings. The molecule has 0 unspecified atom stereocenters. The van der Waals surface area contributed by atoms with Gasteiger partial charge in [-0.15, -0.1) is 0 Å². The minimum Gasteiger partial charge on any atom is -0.393 e. The molecule has 0 saturated carbocycles. The molecule has 0 spiro atoms. The molecule has 1 N–H and O–H groups in total. The van der Waals surface area contributed by atoms with Gasteiger partial charge < -0.3 is 5.11 Å². The van der Waals surface area contributed by atoms with Crippen LogP contribution in [0.15, 0.2) is 18.2 Å². The Balaban J connectivity index is 2.67. The molecule has 14 heavy (non-hydrogen) atoms. The minimum absolute atomic E-state index is 0.307. The second kappa shape index (κ2) is 5.59. The smallest absolute Gasteiger partial charge is 0.0581 e. The van der Waals surface area contributed by atoms with Crippen LogP contribution in [0.2, 0.25) is 10.0 Å². The Morgan fingerprint density at radius 2 is 2.07 bits per heavy atom. The van der Waals surface area contributed by atoms with E-state index in [1.165, 1.54) is 0 Å². The average Bonchev–Trinajstić information content (AvgIpc) is 2.10. The van der Waals surface area contributed by atoms with Crippen LogP contribution in [0.3, 0.4) is 0 Å². The number of rotatable bonds is 4. The maximum atomic E-state index is 9.60. The summed E-state index contributed by atoms with van der Waals surface area (Å²) in [6.07, 6.45) is 2.08. The predicted molar refractivity (Wildman–Crippen MR) is 61.1 cm³/mol. The van der Waals surface area contributed by atoms with Gasteiger partial charge >= 0.3 is 0 Å². The minimum atomic E-state index is -0.307. The van der Waals surface area contributed by atoms with Crippen molar-refractivity contribution < 1.29 is 5.11 Å². The third-order valence-electron chi connectivity index (χ3n) is 2.09. The summed E-state index contributed by atoms with van der Waals surface area (Å²) >= 11 is 11.7. The Kier molecular flexibility index (Phi) is 4.73.